The highest BCUT2D eigenvalue weighted by atomic mass is 35.5. The van der Waals surface area contributed by atoms with Gasteiger partial charge in [0.15, 0.2) is 0 Å². The number of carbonyl (C=O) groups excluding carboxylic acids is 1. The van der Waals surface area contributed by atoms with Gasteiger partial charge in [-0.2, -0.15) is 5.10 Å². The fourth-order valence-electron chi connectivity index (χ4n) is 2.16. The number of likely N-dealkylation sites (N-methyl/N-ethyl adjacent to an activating group) is 1. The molecule has 0 aliphatic carbocycles. The third-order valence-corrected chi connectivity index (χ3v) is 4.00. The fraction of sp³-hybridized carbons (Fsp3) is 0.692. The third-order valence-electron chi connectivity index (χ3n) is 3.45. The van der Waals surface area contributed by atoms with E-state index >= 15 is 0 Å². The lowest BCUT2D eigenvalue weighted by atomic mass is 9.95. The van der Waals surface area contributed by atoms with Gasteiger partial charge < -0.3 is 11.1 Å². The van der Waals surface area contributed by atoms with Crippen LogP contribution in [0.25, 0.3) is 0 Å². The molecule has 1 aromatic heterocycles. The molecule has 0 radical (unpaired) electrons. The highest BCUT2D eigenvalue weighted by molar-refractivity contribution is 6.31. The van der Waals surface area contributed by atoms with Crippen LogP contribution >= 0.6 is 11.6 Å². The maximum Gasteiger partial charge on any atom is 0.237 e. The van der Waals surface area contributed by atoms with Crippen LogP contribution in [0.2, 0.25) is 5.02 Å². The standard InChI is InChI=1S/C13H23ClN4O/c1-5-16-13(4,12(15)19)7-6-8-18-10(3)11(14)9(2)17-18/h16H,5-8H2,1-4H3,(H2,15,19). The Morgan fingerprint density at radius 2 is 2.16 bits per heavy atom. The molecule has 0 saturated carbocycles. The molecule has 0 aliphatic heterocycles. The van der Waals surface area contributed by atoms with Crippen molar-refractivity contribution in [3.63, 3.8) is 0 Å². The summed E-state index contributed by atoms with van der Waals surface area (Å²) < 4.78 is 1.88. The Balaban J connectivity index is 2.62. The Hall–Kier alpha value is -1.07. The Bertz CT molecular complexity index is 458. The van der Waals surface area contributed by atoms with Crippen molar-refractivity contribution < 1.29 is 4.79 Å². The van der Waals surface area contributed by atoms with Gasteiger partial charge in [0.2, 0.25) is 5.91 Å². The topological polar surface area (TPSA) is 72.9 Å². The van der Waals surface area contributed by atoms with Crippen molar-refractivity contribution >= 4 is 17.5 Å². The highest BCUT2D eigenvalue weighted by Gasteiger charge is 2.29. The number of rotatable bonds is 7. The molecule has 5 nitrogen and oxygen atoms in total. The van der Waals surface area contributed by atoms with Crippen molar-refractivity contribution in [1.82, 2.24) is 15.1 Å². The molecule has 0 spiro atoms. The number of aromatic nitrogens is 2. The van der Waals surface area contributed by atoms with Gasteiger partial charge in [0.05, 0.1) is 21.9 Å². The number of nitrogens with one attached hydrogen (secondary N) is 1. The molecule has 6 heteroatoms. The van der Waals surface area contributed by atoms with Gasteiger partial charge in [0.25, 0.3) is 0 Å². The van der Waals surface area contributed by atoms with Crippen molar-refractivity contribution in [3.05, 3.63) is 16.4 Å². The van der Waals surface area contributed by atoms with E-state index in [1.807, 2.05) is 32.4 Å². The molecule has 108 valence electrons. The quantitative estimate of drug-likeness (QED) is 0.802. The summed E-state index contributed by atoms with van der Waals surface area (Å²) in [6, 6.07) is 0. The number of nitrogens with two attached hydrogens (primary N) is 1. The van der Waals surface area contributed by atoms with Gasteiger partial charge in [-0.25, -0.2) is 0 Å². The Morgan fingerprint density at radius 1 is 1.53 bits per heavy atom. The number of carbonyl (C=O) groups is 1. The summed E-state index contributed by atoms with van der Waals surface area (Å²) in [5, 5.41) is 8.23. The SMILES string of the molecule is CCNC(C)(CCCn1nc(C)c(Cl)c1C)C(N)=O. The molecular weight excluding hydrogens is 264 g/mol. The van der Waals surface area contributed by atoms with E-state index < -0.39 is 5.54 Å². The first-order valence-electron chi connectivity index (χ1n) is 6.56. The molecule has 1 aromatic rings. The first-order valence-corrected chi connectivity index (χ1v) is 6.94. The lowest BCUT2D eigenvalue weighted by molar-refractivity contribution is -0.124. The monoisotopic (exact) mass is 286 g/mol. The molecule has 0 fully saturated rings. The number of hydrogen-bond donors (Lipinski definition) is 2. The minimum absolute atomic E-state index is 0.319. The van der Waals surface area contributed by atoms with Crippen LogP contribution in [0.1, 0.15) is 38.1 Å². The second kappa shape index (κ2) is 6.39. The van der Waals surface area contributed by atoms with Crippen LogP contribution in [0, 0.1) is 13.8 Å². The number of halogens is 1. The normalized spacial score (nSPS) is 14.4. The molecule has 3 N–H and O–H groups in total. The van der Waals surface area contributed by atoms with Gasteiger partial charge in [-0.1, -0.05) is 18.5 Å². The molecule has 1 unspecified atom stereocenters. The van der Waals surface area contributed by atoms with E-state index in [0.717, 1.165) is 24.4 Å². The summed E-state index contributed by atoms with van der Waals surface area (Å²) >= 11 is 6.10. The summed E-state index contributed by atoms with van der Waals surface area (Å²) in [5.74, 6) is -0.319. The molecule has 1 atom stereocenters. The Morgan fingerprint density at radius 3 is 2.58 bits per heavy atom. The van der Waals surface area contributed by atoms with Gasteiger partial charge in [0.1, 0.15) is 0 Å². The average Bonchev–Trinajstić information content (AvgIpc) is 2.57. The van der Waals surface area contributed by atoms with E-state index in [4.69, 9.17) is 17.3 Å². The zero-order valence-electron chi connectivity index (χ0n) is 12.1. The summed E-state index contributed by atoms with van der Waals surface area (Å²) in [6.07, 6.45) is 1.48. The van der Waals surface area contributed by atoms with Gasteiger partial charge in [-0.3, -0.25) is 9.48 Å². The van der Waals surface area contributed by atoms with Crippen molar-refractivity contribution in [2.75, 3.05) is 6.54 Å². The minimum atomic E-state index is -0.658. The lowest BCUT2D eigenvalue weighted by Crippen LogP contribution is -2.53. The molecule has 1 heterocycles. The van der Waals surface area contributed by atoms with Gasteiger partial charge in [-0.15, -0.1) is 0 Å². The maximum absolute atomic E-state index is 11.5. The smallest absolute Gasteiger partial charge is 0.237 e. The zero-order valence-corrected chi connectivity index (χ0v) is 12.8. The number of primary amides is 1. The third kappa shape index (κ3) is 3.70. The fourth-order valence-corrected chi connectivity index (χ4v) is 2.30. The summed E-state index contributed by atoms with van der Waals surface area (Å²) in [6.45, 7) is 9.08. The van der Waals surface area contributed by atoms with Crippen LogP contribution in [-0.2, 0) is 11.3 Å². The highest BCUT2D eigenvalue weighted by Crippen LogP contribution is 2.20. The van der Waals surface area contributed by atoms with Crippen LogP contribution in [0.4, 0.5) is 0 Å². The maximum atomic E-state index is 11.5. The van der Waals surface area contributed by atoms with Crippen molar-refractivity contribution in [1.29, 1.82) is 0 Å². The van der Waals surface area contributed by atoms with E-state index in [9.17, 15) is 4.79 Å². The van der Waals surface area contributed by atoms with Crippen molar-refractivity contribution in [2.45, 2.75) is 52.6 Å². The van der Waals surface area contributed by atoms with Crippen LogP contribution in [-0.4, -0.2) is 27.8 Å². The van der Waals surface area contributed by atoms with Crippen LogP contribution in [0.15, 0.2) is 0 Å². The first-order chi connectivity index (χ1) is 8.81. The van der Waals surface area contributed by atoms with Crippen molar-refractivity contribution in [3.8, 4) is 0 Å². The predicted molar refractivity (Wildman–Crippen MR) is 77.2 cm³/mol. The van der Waals surface area contributed by atoms with E-state index in [0.29, 0.717) is 18.0 Å². The number of amides is 1. The number of hydrogen-bond acceptors (Lipinski definition) is 3. The zero-order chi connectivity index (χ0) is 14.6. The van der Waals surface area contributed by atoms with E-state index in [-0.39, 0.29) is 5.91 Å². The molecule has 0 saturated heterocycles. The Kier molecular flexibility index (Phi) is 5.38. The molecular formula is C13H23ClN4O. The second-order valence-electron chi connectivity index (χ2n) is 5.04. The Labute approximate surface area is 119 Å². The lowest BCUT2D eigenvalue weighted by Gasteiger charge is -2.27. The van der Waals surface area contributed by atoms with Gasteiger partial charge in [-0.05, 0) is 40.2 Å². The predicted octanol–water partition coefficient (Wildman–Crippen LogP) is 1.79. The molecule has 19 heavy (non-hydrogen) atoms. The molecule has 0 aromatic carbocycles. The van der Waals surface area contributed by atoms with E-state index in [2.05, 4.69) is 10.4 Å². The largest absolute Gasteiger partial charge is 0.368 e. The molecule has 1 rings (SSSR count). The van der Waals surface area contributed by atoms with E-state index in [1.54, 1.807) is 0 Å². The van der Waals surface area contributed by atoms with Gasteiger partial charge in [0, 0.05) is 6.54 Å². The molecule has 0 bridgehead atoms. The average molecular weight is 287 g/mol. The second-order valence-corrected chi connectivity index (χ2v) is 5.42. The molecule has 1 amide bonds. The summed E-state index contributed by atoms with van der Waals surface area (Å²) in [5.41, 5.74) is 6.59. The van der Waals surface area contributed by atoms with Crippen LogP contribution in [0.5, 0.6) is 0 Å². The van der Waals surface area contributed by atoms with E-state index in [1.165, 1.54) is 0 Å². The van der Waals surface area contributed by atoms with Crippen LogP contribution in [0.3, 0.4) is 0 Å². The summed E-state index contributed by atoms with van der Waals surface area (Å²) in [7, 11) is 0. The van der Waals surface area contributed by atoms with Gasteiger partial charge >= 0.3 is 0 Å². The first kappa shape index (κ1) is 16.0. The molecule has 0 aliphatic rings. The number of aryl methyl sites for hydroxylation is 2. The van der Waals surface area contributed by atoms with Crippen molar-refractivity contribution in [2.24, 2.45) is 5.73 Å². The number of nitrogens with zero attached hydrogens (tertiary/aromatic N) is 2. The minimum Gasteiger partial charge on any atom is -0.368 e. The summed E-state index contributed by atoms with van der Waals surface area (Å²) in [4.78, 5) is 11.5. The van der Waals surface area contributed by atoms with Crippen LogP contribution < -0.4 is 11.1 Å².